The number of rotatable bonds is 6. The molecule has 5 heteroatoms. The zero-order valence-electron chi connectivity index (χ0n) is 19.1. The molecule has 0 atom stereocenters. The van der Waals surface area contributed by atoms with E-state index in [1.807, 2.05) is 6.20 Å². The molecule has 1 fully saturated rings. The first-order chi connectivity index (χ1) is 15.6. The van der Waals surface area contributed by atoms with Crippen LogP contribution in [0.25, 0.3) is 5.70 Å². The monoisotopic (exact) mass is 427 g/mol. The van der Waals surface area contributed by atoms with Crippen molar-refractivity contribution in [1.29, 1.82) is 0 Å². The SMILES string of the molecule is Cc1cccc(CNC2=CN(c3ccc(CN4CCN(C)CC4)cc3)Cc3[nH]ccc32)c1. The van der Waals surface area contributed by atoms with E-state index >= 15 is 0 Å². The molecule has 2 N–H and O–H groups in total. The fourth-order valence-corrected chi connectivity index (χ4v) is 4.61. The van der Waals surface area contributed by atoms with Crippen LogP contribution >= 0.6 is 0 Å². The molecule has 32 heavy (non-hydrogen) atoms. The molecule has 2 aromatic carbocycles. The van der Waals surface area contributed by atoms with E-state index in [9.17, 15) is 0 Å². The predicted molar refractivity (Wildman–Crippen MR) is 132 cm³/mol. The molecule has 0 bridgehead atoms. The molecule has 2 aliphatic rings. The Morgan fingerprint density at radius 3 is 2.53 bits per heavy atom. The number of nitrogens with one attached hydrogen (secondary N) is 2. The molecular formula is C27H33N5. The molecule has 3 aromatic rings. The molecule has 2 aliphatic heterocycles. The Hall–Kier alpha value is -3.02. The van der Waals surface area contributed by atoms with Gasteiger partial charge in [0, 0.05) is 68.6 Å². The van der Waals surface area contributed by atoms with Crippen molar-refractivity contribution in [3.63, 3.8) is 0 Å². The van der Waals surface area contributed by atoms with E-state index in [0.717, 1.165) is 51.5 Å². The van der Waals surface area contributed by atoms with Gasteiger partial charge >= 0.3 is 0 Å². The van der Waals surface area contributed by atoms with Crippen molar-refractivity contribution in [3.05, 3.63) is 94.9 Å². The third-order valence-corrected chi connectivity index (χ3v) is 6.57. The fraction of sp³-hybridized carbons (Fsp3) is 0.333. The molecule has 5 rings (SSSR count). The lowest BCUT2D eigenvalue weighted by Crippen LogP contribution is -2.43. The van der Waals surface area contributed by atoms with Gasteiger partial charge in [0.25, 0.3) is 0 Å². The summed E-state index contributed by atoms with van der Waals surface area (Å²) in [6.07, 6.45) is 4.29. The van der Waals surface area contributed by atoms with Gasteiger partial charge in [-0.15, -0.1) is 0 Å². The Bertz CT molecular complexity index is 1070. The first kappa shape index (κ1) is 20.9. The quantitative estimate of drug-likeness (QED) is 0.619. The number of anilines is 1. The highest BCUT2D eigenvalue weighted by Crippen LogP contribution is 2.29. The summed E-state index contributed by atoms with van der Waals surface area (Å²) in [7, 11) is 2.21. The normalized spacial score (nSPS) is 17.2. The van der Waals surface area contributed by atoms with Gasteiger partial charge in [-0.2, -0.15) is 0 Å². The summed E-state index contributed by atoms with van der Waals surface area (Å²) in [5.41, 5.74) is 8.88. The summed E-state index contributed by atoms with van der Waals surface area (Å²) in [5, 5.41) is 3.67. The van der Waals surface area contributed by atoms with E-state index < -0.39 is 0 Å². The third-order valence-electron chi connectivity index (χ3n) is 6.57. The molecule has 1 aromatic heterocycles. The third kappa shape index (κ3) is 4.74. The number of hydrogen-bond donors (Lipinski definition) is 2. The highest BCUT2D eigenvalue weighted by atomic mass is 15.2. The number of H-pyrrole nitrogens is 1. The molecule has 1 saturated heterocycles. The van der Waals surface area contributed by atoms with Gasteiger partial charge in [-0.25, -0.2) is 0 Å². The Balaban J connectivity index is 1.29. The maximum absolute atomic E-state index is 3.67. The number of aromatic amines is 1. The zero-order chi connectivity index (χ0) is 21.9. The minimum atomic E-state index is 0.815. The zero-order valence-corrected chi connectivity index (χ0v) is 19.1. The summed E-state index contributed by atoms with van der Waals surface area (Å²) in [6.45, 7) is 9.47. The summed E-state index contributed by atoms with van der Waals surface area (Å²) in [6, 6.07) is 19.9. The Labute approximate surface area is 191 Å². The minimum Gasteiger partial charge on any atom is -0.379 e. The largest absolute Gasteiger partial charge is 0.379 e. The number of benzene rings is 2. The van der Waals surface area contributed by atoms with Crippen molar-refractivity contribution in [3.8, 4) is 0 Å². The van der Waals surface area contributed by atoms with Crippen LogP contribution < -0.4 is 10.2 Å². The van der Waals surface area contributed by atoms with Gasteiger partial charge in [0.1, 0.15) is 0 Å². The minimum absolute atomic E-state index is 0.815. The molecule has 0 aliphatic carbocycles. The summed E-state index contributed by atoms with van der Waals surface area (Å²) >= 11 is 0. The lowest BCUT2D eigenvalue weighted by atomic mass is 10.1. The Kier molecular flexibility index (Phi) is 6.02. The lowest BCUT2D eigenvalue weighted by molar-refractivity contribution is 0.148. The first-order valence-corrected chi connectivity index (χ1v) is 11.6. The standard InChI is InChI=1S/C27H33N5/c1-21-4-3-5-23(16-21)17-29-27-20-32(19-26-25(27)10-11-28-26)24-8-6-22(7-9-24)18-31-14-12-30(2)13-15-31/h3-11,16,20,28-29H,12-15,17-19H2,1-2H3. The van der Waals surface area contributed by atoms with Crippen molar-refractivity contribution < 1.29 is 0 Å². The maximum Gasteiger partial charge on any atom is 0.0634 e. The number of piperazine rings is 1. The molecule has 166 valence electrons. The van der Waals surface area contributed by atoms with Crippen LogP contribution in [-0.4, -0.2) is 48.0 Å². The van der Waals surface area contributed by atoms with Gasteiger partial charge < -0.3 is 20.1 Å². The number of aryl methyl sites for hydroxylation is 1. The molecular weight excluding hydrogens is 394 g/mol. The van der Waals surface area contributed by atoms with E-state index in [0.29, 0.717) is 0 Å². The summed E-state index contributed by atoms with van der Waals surface area (Å²) in [4.78, 5) is 10.7. The van der Waals surface area contributed by atoms with Crippen molar-refractivity contribution in [2.45, 2.75) is 26.6 Å². The molecule has 0 amide bonds. The van der Waals surface area contributed by atoms with Crippen LogP contribution in [0.5, 0.6) is 0 Å². The molecule has 5 nitrogen and oxygen atoms in total. The second-order valence-corrected chi connectivity index (χ2v) is 9.13. The van der Waals surface area contributed by atoms with Crippen LogP contribution in [0.15, 0.2) is 67.0 Å². The average Bonchev–Trinajstić information content (AvgIpc) is 3.28. The highest BCUT2D eigenvalue weighted by molar-refractivity contribution is 5.72. The van der Waals surface area contributed by atoms with Crippen LogP contribution in [0.4, 0.5) is 5.69 Å². The van der Waals surface area contributed by atoms with Crippen molar-refractivity contribution in [2.24, 2.45) is 0 Å². The van der Waals surface area contributed by atoms with E-state index in [1.54, 1.807) is 0 Å². The van der Waals surface area contributed by atoms with E-state index in [-0.39, 0.29) is 0 Å². The van der Waals surface area contributed by atoms with Gasteiger partial charge in [0.15, 0.2) is 0 Å². The summed E-state index contributed by atoms with van der Waals surface area (Å²) in [5.74, 6) is 0. The van der Waals surface area contributed by atoms with Gasteiger partial charge in [-0.3, -0.25) is 4.90 Å². The average molecular weight is 428 g/mol. The van der Waals surface area contributed by atoms with Crippen LogP contribution in [0.1, 0.15) is 27.9 Å². The van der Waals surface area contributed by atoms with Crippen molar-refractivity contribution in [2.75, 3.05) is 38.1 Å². The number of aromatic nitrogens is 1. The van der Waals surface area contributed by atoms with E-state index in [2.05, 4.69) is 99.8 Å². The van der Waals surface area contributed by atoms with E-state index in [4.69, 9.17) is 0 Å². The second kappa shape index (κ2) is 9.23. The molecule has 0 spiro atoms. The van der Waals surface area contributed by atoms with Gasteiger partial charge in [0.05, 0.1) is 12.2 Å². The number of nitrogens with zero attached hydrogens (tertiary/aromatic N) is 3. The smallest absolute Gasteiger partial charge is 0.0634 e. The first-order valence-electron chi connectivity index (χ1n) is 11.6. The Morgan fingerprint density at radius 1 is 0.938 bits per heavy atom. The predicted octanol–water partition coefficient (Wildman–Crippen LogP) is 4.18. The topological polar surface area (TPSA) is 37.5 Å². The molecule has 0 saturated carbocycles. The molecule has 0 unspecified atom stereocenters. The van der Waals surface area contributed by atoms with E-state index in [1.165, 1.54) is 33.6 Å². The van der Waals surface area contributed by atoms with Crippen LogP contribution in [0.3, 0.4) is 0 Å². The lowest BCUT2D eigenvalue weighted by Gasteiger charge is -2.32. The molecule has 0 radical (unpaired) electrons. The fourth-order valence-electron chi connectivity index (χ4n) is 4.61. The highest BCUT2D eigenvalue weighted by Gasteiger charge is 2.20. The molecule has 3 heterocycles. The van der Waals surface area contributed by atoms with Crippen molar-refractivity contribution in [1.82, 2.24) is 20.1 Å². The number of likely N-dealkylation sites (N-methyl/N-ethyl adjacent to an activating group) is 1. The second-order valence-electron chi connectivity index (χ2n) is 9.13. The maximum atomic E-state index is 3.67. The van der Waals surface area contributed by atoms with Crippen molar-refractivity contribution >= 4 is 11.4 Å². The van der Waals surface area contributed by atoms with Crippen LogP contribution in [-0.2, 0) is 19.6 Å². The van der Waals surface area contributed by atoms with Crippen LogP contribution in [0, 0.1) is 6.92 Å². The van der Waals surface area contributed by atoms with Gasteiger partial charge in [-0.05, 0) is 43.3 Å². The van der Waals surface area contributed by atoms with Gasteiger partial charge in [0.2, 0.25) is 0 Å². The number of hydrogen-bond acceptors (Lipinski definition) is 4. The Morgan fingerprint density at radius 2 is 1.75 bits per heavy atom. The van der Waals surface area contributed by atoms with Gasteiger partial charge in [-0.1, -0.05) is 42.0 Å². The number of fused-ring (bicyclic) bond motifs is 1. The summed E-state index contributed by atoms with van der Waals surface area (Å²) < 4.78 is 0. The van der Waals surface area contributed by atoms with Crippen LogP contribution in [0.2, 0.25) is 0 Å².